The second-order valence-corrected chi connectivity index (χ2v) is 10.8. The molecule has 2 heterocycles. The lowest BCUT2D eigenvalue weighted by Gasteiger charge is -2.31. The quantitative estimate of drug-likeness (QED) is 0.487. The molecule has 0 aliphatic carbocycles. The van der Waals surface area contributed by atoms with Crippen LogP contribution in [0.4, 0.5) is 9.93 Å². The van der Waals surface area contributed by atoms with Gasteiger partial charge in [0.1, 0.15) is 10.6 Å². The standard InChI is InChI=1S/C24H25BrN4O3S/c1-24(2,3)32-23(31)29-11-10-15-12-17(8-9-18(15)14-29)21(30)26-22-28-27-20(33-22)13-16-6-4-5-7-19(16)25/h4-9,12H,10-11,13-14H2,1-3H3,(H,26,28,30). The SMILES string of the molecule is CC(C)(C)OC(=O)N1CCc2cc(C(=O)Nc3nnc(Cc4ccccc4Br)s3)ccc2C1. The highest BCUT2D eigenvalue weighted by molar-refractivity contribution is 9.10. The van der Waals surface area contributed by atoms with E-state index in [-0.39, 0.29) is 12.0 Å². The summed E-state index contributed by atoms with van der Waals surface area (Å²) >= 11 is 4.91. The van der Waals surface area contributed by atoms with Crippen LogP contribution >= 0.6 is 27.3 Å². The van der Waals surface area contributed by atoms with Crippen molar-refractivity contribution in [3.63, 3.8) is 0 Å². The molecule has 0 saturated carbocycles. The number of nitrogens with zero attached hydrogens (tertiary/aromatic N) is 3. The summed E-state index contributed by atoms with van der Waals surface area (Å²) in [6.07, 6.45) is 0.997. The molecule has 7 nitrogen and oxygen atoms in total. The van der Waals surface area contributed by atoms with Gasteiger partial charge in [-0.15, -0.1) is 10.2 Å². The first-order chi connectivity index (χ1) is 15.7. The van der Waals surface area contributed by atoms with Crippen LogP contribution in [-0.4, -0.2) is 39.2 Å². The van der Waals surface area contributed by atoms with E-state index in [1.165, 1.54) is 11.3 Å². The molecule has 1 aromatic heterocycles. The molecule has 2 aromatic carbocycles. The van der Waals surface area contributed by atoms with Gasteiger partial charge in [0.25, 0.3) is 5.91 Å². The van der Waals surface area contributed by atoms with Crippen LogP contribution in [0.1, 0.15) is 52.8 Å². The number of anilines is 1. The Hall–Kier alpha value is -2.78. The Labute approximate surface area is 205 Å². The Morgan fingerprint density at radius 1 is 1.15 bits per heavy atom. The molecule has 0 fully saturated rings. The van der Waals surface area contributed by atoms with E-state index < -0.39 is 5.60 Å². The molecule has 1 N–H and O–H groups in total. The van der Waals surface area contributed by atoms with Crippen LogP contribution in [0.2, 0.25) is 0 Å². The molecule has 0 atom stereocenters. The van der Waals surface area contributed by atoms with Crippen molar-refractivity contribution in [1.82, 2.24) is 15.1 Å². The first-order valence-electron chi connectivity index (χ1n) is 10.6. The van der Waals surface area contributed by atoms with Gasteiger partial charge in [-0.05, 0) is 62.1 Å². The average Bonchev–Trinajstić information content (AvgIpc) is 3.20. The zero-order valence-corrected chi connectivity index (χ0v) is 21.1. The van der Waals surface area contributed by atoms with Crippen molar-refractivity contribution in [1.29, 1.82) is 0 Å². The first-order valence-corrected chi connectivity index (χ1v) is 12.3. The fourth-order valence-electron chi connectivity index (χ4n) is 3.53. The van der Waals surface area contributed by atoms with Crippen molar-refractivity contribution in [3.8, 4) is 0 Å². The maximum absolute atomic E-state index is 12.8. The van der Waals surface area contributed by atoms with Gasteiger partial charge in [0, 0.05) is 29.5 Å². The van der Waals surface area contributed by atoms with Crippen molar-refractivity contribution in [2.75, 3.05) is 11.9 Å². The van der Waals surface area contributed by atoms with Crippen LogP contribution in [0.15, 0.2) is 46.9 Å². The number of fused-ring (bicyclic) bond motifs is 1. The summed E-state index contributed by atoms with van der Waals surface area (Å²) in [6, 6.07) is 13.5. The molecule has 172 valence electrons. The number of amides is 2. The van der Waals surface area contributed by atoms with E-state index in [4.69, 9.17) is 4.74 Å². The highest BCUT2D eigenvalue weighted by atomic mass is 79.9. The third-order valence-electron chi connectivity index (χ3n) is 5.12. The lowest BCUT2D eigenvalue weighted by Crippen LogP contribution is -2.39. The van der Waals surface area contributed by atoms with Crippen molar-refractivity contribution < 1.29 is 14.3 Å². The summed E-state index contributed by atoms with van der Waals surface area (Å²) in [6.45, 7) is 6.60. The molecule has 2 amide bonds. The van der Waals surface area contributed by atoms with Crippen LogP contribution in [0, 0.1) is 0 Å². The Morgan fingerprint density at radius 3 is 2.70 bits per heavy atom. The third-order valence-corrected chi connectivity index (χ3v) is 6.73. The van der Waals surface area contributed by atoms with Crippen molar-refractivity contribution in [2.45, 2.75) is 45.8 Å². The second kappa shape index (κ2) is 9.61. The van der Waals surface area contributed by atoms with E-state index >= 15 is 0 Å². The Kier molecular flexibility index (Phi) is 6.81. The smallest absolute Gasteiger partial charge is 0.410 e. The maximum Gasteiger partial charge on any atom is 0.410 e. The minimum Gasteiger partial charge on any atom is -0.444 e. The van der Waals surface area contributed by atoms with Gasteiger partial charge in [-0.3, -0.25) is 10.1 Å². The summed E-state index contributed by atoms with van der Waals surface area (Å²) in [5.41, 5.74) is 3.23. The lowest BCUT2D eigenvalue weighted by atomic mass is 9.97. The summed E-state index contributed by atoms with van der Waals surface area (Å²) < 4.78 is 6.49. The largest absolute Gasteiger partial charge is 0.444 e. The molecule has 1 aliphatic rings. The van der Waals surface area contributed by atoms with Crippen molar-refractivity contribution in [2.24, 2.45) is 0 Å². The zero-order valence-electron chi connectivity index (χ0n) is 18.7. The normalized spacial score (nSPS) is 13.4. The number of hydrogen-bond donors (Lipinski definition) is 1. The van der Waals surface area contributed by atoms with Crippen LogP contribution < -0.4 is 5.32 Å². The molecule has 33 heavy (non-hydrogen) atoms. The zero-order chi connectivity index (χ0) is 23.6. The minimum absolute atomic E-state index is 0.226. The predicted molar refractivity (Wildman–Crippen MR) is 132 cm³/mol. The van der Waals surface area contributed by atoms with E-state index in [0.29, 0.717) is 36.6 Å². The Bertz CT molecular complexity index is 1190. The second-order valence-electron chi connectivity index (χ2n) is 8.86. The molecule has 3 aromatic rings. The van der Waals surface area contributed by atoms with Crippen LogP contribution in [0.5, 0.6) is 0 Å². The summed E-state index contributed by atoms with van der Waals surface area (Å²) in [5, 5.41) is 12.5. The molecule has 1 aliphatic heterocycles. The van der Waals surface area contributed by atoms with Gasteiger partial charge in [0.05, 0.1) is 0 Å². The van der Waals surface area contributed by atoms with Gasteiger partial charge in [-0.2, -0.15) is 0 Å². The van der Waals surface area contributed by atoms with Gasteiger partial charge in [0.15, 0.2) is 0 Å². The number of benzene rings is 2. The highest BCUT2D eigenvalue weighted by Crippen LogP contribution is 2.25. The lowest BCUT2D eigenvalue weighted by molar-refractivity contribution is 0.0224. The summed E-state index contributed by atoms with van der Waals surface area (Å²) in [4.78, 5) is 26.8. The fourth-order valence-corrected chi connectivity index (χ4v) is 4.71. The predicted octanol–water partition coefficient (Wildman–Crippen LogP) is 5.44. The van der Waals surface area contributed by atoms with Crippen LogP contribution in [0.3, 0.4) is 0 Å². The monoisotopic (exact) mass is 528 g/mol. The molecular weight excluding hydrogens is 504 g/mol. The number of nitrogens with one attached hydrogen (secondary N) is 1. The molecule has 0 unspecified atom stereocenters. The van der Waals surface area contributed by atoms with E-state index in [2.05, 4.69) is 31.4 Å². The third kappa shape index (κ3) is 5.97. The summed E-state index contributed by atoms with van der Waals surface area (Å²) in [7, 11) is 0. The number of carbonyl (C=O) groups is 2. The number of aromatic nitrogens is 2. The maximum atomic E-state index is 12.8. The van der Waals surface area contributed by atoms with Gasteiger partial charge < -0.3 is 9.64 Å². The molecule has 0 bridgehead atoms. The van der Waals surface area contributed by atoms with E-state index in [9.17, 15) is 9.59 Å². The minimum atomic E-state index is -0.526. The van der Waals surface area contributed by atoms with Gasteiger partial charge >= 0.3 is 6.09 Å². The molecular formula is C24H25BrN4O3S. The van der Waals surface area contributed by atoms with Gasteiger partial charge in [-0.1, -0.05) is 51.5 Å². The summed E-state index contributed by atoms with van der Waals surface area (Å²) in [5.74, 6) is -0.226. The molecule has 4 rings (SSSR count). The van der Waals surface area contributed by atoms with Crippen LogP contribution in [-0.2, 0) is 24.1 Å². The highest BCUT2D eigenvalue weighted by Gasteiger charge is 2.26. The average molecular weight is 529 g/mol. The van der Waals surface area contributed by atoms with Gasteiger partial charge in [-0.25, -0.2) is 4.79 Å². The fraction of sp³-hybridized carbons (Fsp3) is 0.333. The molecule has 0 saturated heterocycles. The number of hydrogen-bond acceptors (Lipinski definition) is 6. The molecule has 9 heteroatoms. The first kappa shape index (κ1) is 23.4. The van der Waals surface area contributed by atoms with Crippen molar-refractivity contribution in [3.05, 3.63) is 74.2 Å². The van der Waals surface area contributed by atoms with E-state index in [1.54, 1.807) is 11.0 Å². The topological polar surface area (TPSA) is 84.4 Å². The van der Waals surface area contributed by atoms with Crippen LogP contribution in [0.25, 0.3) is 0 Å². The molecule has 0 spiro atoms. The van der Waals surface area contributed by atoms with Gasteiger partial charge in [0.2, 0.25) is 5.13 Å². The van der Waals surface area contributed by atoms with E-state index in [0.717, 1.165) is 26.2 Å². The van der Waals surface area contributed by atoms with Crippen molar-refractivity contribution >= 4 is 44.4 Å². The Morgan fingerprint density at radius 2 is 1.94 bits per heavy atom. The number of halogens is 1. The number of ether oxygens (including phenoxy) is 1. The number of rotatable bonds is 4. The molecule has 0 radical (unpaired) electrons. The Balaban J connectivity index is 1.39. The number of carbonyl (C=O) groups excluding carboxylic acids is 2. The van der Waals surface area contributed by atoms with E-state index in [1.807, 2.05) is 57.2 Å².